The van der Waals surface area contributed by atoms with Gasteiger partial charge in [0.05, 0.1) is 34.5 Å². The minimum Gasteiger partial charge on any atom is -0.496 e. The quantitative estimate of drug-likeness (QED) is 0.666. The number of ether oxygens (including phenoxy) is 5. The average molecular weight is 358 g/mol. The Morgan fingerprint density at radius 1 is 0.731 bits per heavy atom. The van der Waals surface area contributed by atoms with Crippen molar-refractivity contribution < 1.29 is 28.1 Å². The monoisotopic (exact) mass is 358 g/mol. The molecule has 0 fully saturated rings. The molecule has 0 N–H and O–H groups in total. The average Bonchev–Trinajstić information content (AvgIpc) is 2.66. The standard InChI is InChI=1S/C19H18O7/c1-21-12-8-16(24-4)19-13(20)10-18(26-17(19)9-12)25-11-5-6-14(22-2)15(7-11)23-3/h5-10H,1-4H3. The molecule has 1 aromatic heterocycles. The normalized spacial score (nSPS) is 10.5. The topological polar surface area (TPSA) is 76.4 Å². The molecule has 3 rings (SSSR count). The largest absolute Gasteiger partial charge is 0.496 e. The van der Waals surface area contributed by atoms with Gasteiger partial charge in [-0.2, -0.15) is 0 Å². The van der Waals surface area contributed by atoms with E-state index in [-0.39, 0.29) is 11.4 Å². The molecule has 26 heavy (non-hydrogen) atoms. The summed E-state index contributed by atoms with van der Waals surface area (Å²) < 4.78 is 32.3. The van der Waals surface area contributed by atoms with E-state index in [1.807, 2.05) is 0 Å². The third-order valence-electron chi connectivity index (χ3n) is 3.77. The summed E-state index contributed by atoms with van der Waals surface area (Å²) >= 11 is 0. The summed E-state index contributed by atoms with van der Waals surface area (Å²) in [4.78, 5) is 12.5. The van der Waals surface area contributed by atoms with Crippen molar-refractivity contribution in [2.24, 2.45) is 0 Å². The molecule has 0 atom stereocenters. The first kappa shape index (κ1) is 17.5. The maximum absolute atomic E-state index is 12.5. The fourth-order valence-corrected chi connectivity index (χ4v) is 2.53. The number of hydrogen-bond acceptors (Lipinski definition) is 7. The predicted octanol–water partition coefficient (Wildman–Crippen LogP) is 3.62. The number of hydrogen-bond donors (Lipinski definition) is 0. The third kappa shape index (κ3) is 3.23. The fourth-order valence-electron chi connectivity index (χ4n) is 2.53. The molecule has 136 valence electrons. The van der Waals surface area contributed by atoms with Crippen LogP contribution in [0.25, 0.3) is 11.0 Å². The summed E-state index contributed by atoms with van der Waals surface area (Å²) in [5.41, 5.74) is 0.00501. The van der Waals surface area contributed by atoms with Crippen molar-refractivity contribution >= 4 is 11.0 Å². The van der Waals surface area contributed by atoms with Gasteiger partial charge in [-0.1, -0.05) is 0 Å². The van der Waals surface area contributed by atoms with Crippen molar-refractivity contribution in [2.75, 3.05) is 28.4 Å². The molecule has 0 radical (unpaired) electrons. The Hall–Kier alpha value is -3.35. The van der Waals surface area contributed by atoms with Gasteiger partial charge in [-0.3, -0.25) is 4.79 Å². The first-order valence-electron chi connectivity index (χ1n) is 7.69. The summed E-state index contributed by atoms with van der Waals surface area (Å²) in [6.07, 6.45) is 0. The highest BCUT2D eigenvalue weighted by molar-refractivity contribution is 5.85. The van der Waals surface area contributed by atoms with Crippen LogP contribution >= 0.6 is 0 Å². The van der Waals surface area contributed by atoms with Crippen molar-refractivity contribution in [3.63, 3.8) is 0 Å². The highest BCUT2D eigenvalue weighted by Crippen LogP contribution is 2.35. The van der Waals surface area contributed by atoms with E-state index < -0.39 is 0 Å². The van der Waals surface area contributed by atoms with Gasteiger partial charge >= 0.3 is 0 Å². The van der Waals surface area contributed by atoms with E-state index in [9.17, 15) is 4.79 Å². The van der Waals surface area contributed by atoms with Gasteiger partial charge in [0, 0.05) is 18.2 Å². The van der Waals surface area contributed by atoms with Gasteiger partial charge < -0.3 is 28.1 Å². The minimum absolute atomic E-state index is 0.0324. The highest BCUT2D eigenvalue weighted by Gasteiger charge is 2.14. The molecule has 0 spiro atoms. The Morgan fingerprint density at radius 3 is 2.08 bits per heavy atom. The molecule has 0 saturated heterocycles. The lowest BCUT2D eigenvalue weighted by molar-refractivity contribution is 0.337. The minimum atomic E-state index is -0.291. The smallest absolute Gasteiger partial charge is 0.294 e. The van der Waals surface area contributed by atoms with Crippen LogP contribution in [0.1, 0.15) is 0 Å². The molecule has 3 aromatic rings. The van der Waals surface area contributed by atoms with Gasteiger partial charge in [0.15, 0.2) is 16.9 Å². The molecule has 1 heterocycles. The zero-order valence-electron chi connectivity index (χ0n) is 14.8. The van der Waals surface area contributed by atoms with Gasteiger partial charge in [0.25, 0.3) is 5.95 Å². The summed E-state index contributed by atoms with van der Waals surface area (Å²) in [5, 5.41) is 0.313. The maximum atomic E-state index is 12.5. The van der Waals surface area contributed by atoms with Crippen LogP contribution in [0, 0.1) is 0 Å². The van der Waals surface area contributed by atoms with E-state index >= 15 is 0 Å². The molecule has 0 unspecified atom stereocenters. The van der Waals surface area contributed by atoms with Crippen molar-refractivity contribution in [2.45, 2.75) is 0 Å². The van der Waals surface area contributed by atoms with E-state index in [0.29, 0.717) is 39.7 Å². The number of methoxy groups -OCH3 is 4. The van der Waals surface area contributed by atoms with Gasteiger partial charge in [0.2, 0.25) is 0 Å². The van der Waals surface area contributed by atoms with Gasteiger partial charge in [-0.25, -0.2) is 0 Å². The Balaban J connectivity index is 2.05. The van der Waals surface area contributed by atoms with Crippen molar-refractivity contribution in [3.05, 3.63) is 46.6 Å². The Morgan fingerprint density at radius 2 is 1.42 bits per heavy atom. The van der Waals surface area contributed by atoms with Crippen LogP contribution in [0.2, 0.25) is 0 Å². The van der Waals surface area contributed by atoms with Gasteiger partial charge in [0.1, 0.15) is 28.2 Å². The van der Waals surface area contributed by atoms with Crippen molar-refractivity contribution in [1.82, 2.24) is 0 Å². The highest BCUT2D eigenvalue weighted by atomic mass is 16.6. The van der Waals surface area contributed by atoms with E-state index in [2.05, 4.69) is 0 Å². The second kappa shape index (κ2) is 7.26. The first-order valence-corrected chi connectivity index (χ1v) is 7.69. The molecule has 0 aliphatic heterocycles. The first-order chi connectivity index (χ1) is 12.6. The third-order valence-corrected chi connectivity index (χ3v) is 3.77. The summed E-state index contributed by atoms with van der Waals surface area (Å²) in [7, 11) is 6.06. The summed E-state index contributed by atoms with van der Waals surface area (Å²) in [5.74, 6) is 2.39. The molecule has 0 amide bonds. The molecule has 0 aliphatic carbocycles. The van der Waals surface area contributed by atoms with Crippen LogP contribution in [0.5, 0.6) is 34.7 Å². The second-order valence-electron chi connectivity index (χ2n) is 5.25. The van der Waals surface area contributed by atoms with Crippen LogP contribution in [0.3, 0.4) is 0 Å². The van der Waals surface area contributed by atoms with Crippen molar-refractivity contribution in [3.8, 4) is 34.7 Å². The van der Waals surface area contributed by atoms with Crippen molar-refractivity contribution in [1.29, 1.82) is 0 Å². The van der Waals surface area contributed by atoms with Crippen LogP contribution in [0.4, 0.5) is 0 Å². The summed E-state index contributed by atoms with van der Waals surface area (Å²) in [6.45, 7) is 0. The van der Waals surface area contributed by atoms with Gasteiger partial charge in [-0.05, 0) is 12.1 Å². The lowest BCUT2D eigenvalue weighted by Crippen LogP contribution is -2.03. The zero-order chi connectivity index (χ0) is 18.7. The molecule has 7 heteroatoms. The molecule has 7 nitrogen and oxygen atoms in total. The van der Waals surface area contributed by atoms with Crippen LogP contribution < -0.4 is 29.1 Å². The second-order valence-corrected chi connectivity index (χ2v) is 5.25. The van der Waals surface area contributed by atoms with Gasteiger partial charge in [-0.15, -0.1) is 0 Å². The molecule has 0 saturated carbocycles. The van der Waals surface area contributed by atoms with E-state index in [4.69, 9.17) is 28.1 Å². The maximum Gasteiger partial charge on any atom is 0.294 e. The molecule has 0 bridgehead atoms. The lowest BCUT2D eigenvalue weighted by Gasteiger charge is -2.11. The fraction of sp³-hybridized carbons (Fsp3) is 0.211. The van der Waals surface area contributed by atoms with E-state index in [0.717, 1.165) is 0 Å². The molecular weight excluding hydrogens is 340 g/mol. The number of fused-ring (bicyclic) bond motifs is 1. The predicted molar refractivity (Wildman–Crippen MR) is 95.2 cm³/mol. The van der Waals surface area contributed by atoms with E-state index in [1.54, 1.807) is 37.4 Å². The Kier molecular flexibility index (Phi) is 4.88. The molecule has 2 aromatic carbocycles. The van der Waals surface area contributed by atoms with E-state index in [1.165, 1.54) is 27.4 Å². The Bertz CT molecular complexity index is 991. The Labute approximate surface area is 149 Å². The van der Waals surface area contributed by atoms with Crippen LogP contribution in [-0.4, -0.2) is 28.4 Å². The lowest BCUT2D eigenvalue weighted by atomic mass is 10.2. The molecule has 0 aliphatic rings. The zero-order valence-corrected chi connectivity index (χ0v) is 14.8. The summed E-state index contributed by atoms with van der Waals surface area (Å²) in [6, 6.07) is 9.48. The number of benzene rings is 2. The SMILES string of the molecule is COc1cc(OC)c2c(=O)cc(Oc3ccc(OC)c(OC)c3)oc2c1. The molecular formula is C19H18O7. The van der Waals surface area contributed by atoms with Crippen LogP contribution in [0.15, 0.2) is 45.6 Å². The van der Waals surface area contributed by atoms with Crippen LogP contribution in [-0.2, 0) is 0 Å². The number of rotatable bonds is 6.